The molecule has 0 fully saturated rings. The zero-order valence-corrected chi connectivity index (χ0v) is 21.3. The fourth-order valence-electron chi connectivity index (χ4n) is 4.02. The number of carbonyl (C=O) groups excluding carboxylic acids is 2. The van der Waals surface area contributed by atoms with E-state index < -0.39 is 12.1 Å². The van der Waals surface area contributed by atoms with Crippen molar-refractivity contribution in [1.82, 2.24) is 24.3 Å². The average Bonchev–Trinajstić information content (AvgIpc) is 3.38. The summed E-state index contributed by atoms with van der Waals surface area (Å²) < 4.78 is 35.4. The van der Waals surface area contributed by atoms with Gasteiger partial charge >= 0.3 is 18.2 Å². The van der Waals surface area contributed by atoms with Crippen LogP contribution < -0.4 is 5.32 Å². The Morgan fingerprint density at radius 2 is 1.68 bits per heavy atom. The lowest BCUT2D eigenvalue weighted by atomic mass is 10.2. The lowest BCUT2D eigenvalue weighted by Crippen LogP contribution is -2.33. The lowest BCUT2D eigenvalue weighted by molar-refractivity contribution is -0.192. The second kappa shape index (κ2) is 11.4. The van der Waals surface area contributed by atoms with Gasteiger partial charge in [-0.05, 0) is 38.1 Å². The molecule has 2 N–H and O–H groups in total. The monoisotopic (exact) mass is 531 g/mol. The van der Waals surface area contributed by atoms with Crippen molar-refractivity contribution in [2.75, 3.05) is 20.6 Å². The fourth-order valence-corrected chi connectivity index (χ4v) is 4.02. The highest BCUT2D eigenvalue weighted by molar-refractivity contribution is 6.14. The van der Waals surface area contributed by atoms with Crippen LogP contribution in [0, 0.1) is 0 Å². The van der Waals surface area contributed by atoms with Gasteiger partial charge in [0.15, 0.2) is 0 Å². The zero-order chi connectivity index (χ0) is 28.2. The minimum absolute atomic E-state index is 0.174. The maximum Gasteiger partial charge on any atom is 0.490 e. The van der Waals surface area contributed by atoms with Crippen molar-refractivity contribution >= 4 is 39.8 Å². The number of carboxylic acids is 1. The molecule has 0 bridgehead atoms. The number of hydrogen-bond acceptors (Lipinski definition) is 4. The maximum atomic E-state index is 13.2. The summed E-state index contributed by atoms with van der Waals surface area (Å²) in [7, 11) is 3.39. The van der Waals surface area contributed by atoms with E-state index in [-0.39, 0.29) is 18.0 Å². The van der Waals surface area contributed by atoms with E-state index in [1.165, 1.54) is 9.47 Å². The number of nitrogens with zero attached hydrogens (tertiary/aromatic N) is 4. The number of halogens is 3. The van der Waals surface area contributed by atoms with Crippen LogP contribution in [-0.2, 0) is 11.2 Å². The summed E-state index contributed by atoms with van der Waals surface area (Å²) in [6.07, 6.45) is -2.73. The van der Waals surface area contributed by atoms with E-state index in [0.717, 1.165) is 27.6 Å². The number of aromatic nitrogens is 3. The summed E-state index contributed by atoms with van der Waals surface area (Å²) in [4.78, 5) is 41.0. The molecule has 9 nitrogen and oxygen atoms in total. The molecule has 12 heteroatoms. The molecule has 0 aliphatic rings. The van der Waals surface area contributed by atoms with Gasteiger partial charge in [0, 0.05) is 50.4 Å². The molecule has 0 spiro atoms. The van der Waals surface area contributed by atoms with Crippen molar-refractivity contribution in [2.45, 2.75) is 32.5 Å². The van der Waals surface area contributed by atoms with Crippen molar-refractivity contribution < 1.29 is 32.7 Å². The number of pyridine rings is 1. The van der Waals surface area contributed by atoms with E-state index in [9.17, 15) is 22.8 Å². The summed E-state index contributed by atoms with van der Waals surface area (Å²) in [5, 5.41) is 11.0. The van der Waals surface area contributed by atoms with Gasteiger partial charge in [-0.2, -0.15) is 13.2 Å². The number of nitrogens with one attached hydrogen (secondary N) is 1. The Kier molecular flexibility index (Phi) is 8.44. The Bertz CT molecular complexity index is 1460. The number of carboxylic acid groups (broad SMARTS) is 1. The Balaban J connectivity index is 0.000000505. The highest BCUT2D eigenvalue weighted by Gasteiger charge is 2.38. The number of aliphatic carboxylic acids is 1. The lowest BCUT2D eigenvalue weighted by Gasteiger charge is -2.15. The normalized spacial score (nSPS) is 11.4. The van der Waals surface area contributed by atoms with Crippen molar-refractivity contribution in [3.05, 3.63) is 66.1 Å². The number of alkyl halides is 3. The predicted octanol–water partition coefficient (Wildman–Crippen LogP) is 4.71. The molecule has 0 aliphatic carbocycles. The van der Waals surface area contributed by atoms with Gasteiger partial charge in [-0.3, -0.25) is 14.3 Å². The quantitative estimate of drug-likeness (QED) is 0.388. The summed E-state index contributed by atoms with van der Waals surface area (Å²) in [6.45, 7) is 4.64. The largest absolute Gasteiger partial charge is 0.490 e. The molecule has 0 atom stereocenters. The molecule has 0 unspecified atom stereocenters. The third-order valence-corrected chi connectivity index (χ3v) is 5.62. The highest BCUT2D eigenvalue weighted by Crippen LogP contribution is 2.34. The standard InChI is InChI=1S/C24H27N5O2.C2HF3O2/c1-16(2)28-19-11-6-5-10-18(19)22-20(28)15-21(29(22)24(31)27(3)4)23(30)26-14-12-17-9-7-8-13-25-17;3-2(4,5)1(6)7/h5-11,13,15-16H,12,14H2,1-4H3,(H,26,30);(H,6,7). The van der Waals surface area contributed by atoms with E-state index >= 15 is 0 Å². The molecule has 38 heavy (non-hydrogen) atoms. The molecule has 2 amide bonds. The first kappa shape index (κ1) is 28.2. The van der Waals surface area contributed by atoms with Crippen LogP contribution in [0.1, 0.15) is 36.1 Å². The van der Waals surface area contributed by atoms with Gasteiger partial charge in [-0.15, -0.1) is 0 Å². The smallest absolute Gasteiger partial charge is 0.475 e. The molecular weight excluding hydrogens is 503 g/mol. The number of amides is 2. The Morgan fingerprint density at radius 3 is 2.24 bits per heavy atom. The van der Waals surface area contributed by atoms with Crippen LogP contribution >= 0.6 is 0 Å². The van der Waals surface area contributed by atoms with Crippen LogP contribution in [0.2, 0.25) is 0 Å². The topological polar surface area (TPSA) is 109 Å². The van der Waals surface area contributed by atoms with Crippen molar-refractivity contribution in [3.63, 3.8) is 0 Å². The van der Waals surface area contributed by atoms with Crippen LogP contribution in [0.4, 0.5) is 18.0 Å². The van der Waals surface area contributed by atoms with Crippen molar-refractivity contribution in [3.8, 4) is 0 Å². The molecule has 202 valence electrons. The van der Waals surface area contributed by atoms with E-state index in [1.807, 2.05) is 48.5 Å². The number of fused-ring (bicyclic) bond motifs is 3. The Labute approximate surface area is 216 Å². The van der Waals surface area contributed by atoms with E-state index in [4.69, 9.17) is 9.90 Å². The SMILES string of the molecule is CC(C)n1c2ccccc2c2c1cc(C(=O)NCCc1ccccn1)n2C(=O)N(C)C.O=C(O)C(F)(F)F. The molecular formula is C26H28F3N5O4. The summed E-state index contributed by atoms with van der Waals surface area (Å²) in [5.41, 5.74) is 3.93. The first-order chi connectivity index (χ1) is 17.8. The molecule has 4 rings (SSSR count). The number of hydrogen-bond donors (Lipinski definition) is 2. The third-order valence-electron chi connectivity index (χ3n) is 5.62. The molecule has 1 aromatic carbocycles. The van der Waals surface area contributed by atoms with Crippen LogP contribution in [0.25, 0.3) is 21.9 Å². The van der Waals surface area contributed by atoms with Gasteiger partial charge in [0.05, 0.1) is 16.6 Å². The van der Waals surface area contributed by atoms with Crippen LogP contribution in [0.5, 0.6) is 0 Å². The first-order valence-corrected chi connectivity index (χ1v) is 11.7. The van der Waals surface area contributed by atoms with Gasteiger partial charge in [0.2, 0.25) is 0 Å². The molecule has 3 heterocycles. The van der Waals surface area contributed by atoms with E-state index in [1.54, 1.807) is 20.3 Å². The average molecular weight is 532 g/mol. The van der Waals surface area contributed by atoms with Gasteiger partial charge in [0.1, 0.15) is 5.69 Å². The second-order valence-corrected chi connectivity index (χ2v) is 8.89. The second-order valence-electron chi connectivity index (χ2n) is 8.89. The van der Waals surface area contributed by atoms with E-state index in [2.05, 4.69) is 28.7 Å². The Morgan fingerprint density at radius 1 is 1.05 bits per heavy atom. The molecule has 4 aromatic rings. The fraction of sp³-hybridized carbons (Fsp3) is 0.308. The predicted molar refractivity (Wildman–Crippen MR) is 136 cm³/mol. The van der Waals surface area contributed by atoms with Gasteiger partial charge in [0.25, 0.3) is 5.91 Å². The minimum Gasteiger partial charge on any atom is -0.475 e. The minimum atomic E-state index is -5.08. The van der Waals surface area contributed by atoms with Crippen LogP contribution in [0.3, 0.4) is 0 Å². The number of benzene rings is 1. The maximum absolute atomic E-state index is 13.2. The van der Waals surface area contributed by atoms with Crippen molar-refractivity contribution in [2.24, 2.45) is 0 Å². The zero-order valence-electron chi connectivity index (χ0n) is 21.3. The number of para-hydroxylation sites is 1. The molecule has 0 aliphatic heterocycles. The van der Waals surface area contributed by atoms with E-state index in [0.29, 0.717) is 18.7 Å². The van der Waals surface area contributed by atoms with Crippen LogP contribution in [-0.4, -0.2) is 68.8 Å². The summed E-state index contributed by atoms with van der Waals surface area (Å²) in [6, 6.07) is 15.5. The van der Waals surface area contributed by atoms with Gasteiger partial charge in [-0.1, -0.05) is 24.3 Å². The summed E-state index contributed by atoms with van der Waals surface area (Å²) in [5.74, 6) is -3.03. The highest BCUT2D eigenvalue weighted by atomic mass is 19.4. The van der Waals surface area contributed by atoms with Gasteiger partial charge < -0.3 is 19.9 Å². The third kappa shape index (κ3) is 5.96. The summed E-state index contributed by atoms with van der Waals surface area (Å²) >= 11 is 0. The number of rotatable bonds is 5. The molecule has 0 saturated heterocycles. The first-order valence-electron chi connectivity index (χ1n) is 11.7. The molecule has 0 saturated carbocycles. The Hall–Kier alpha value is -4.35. The van der Waals surface area contributed by atoms with Gasteiger partial charge in [-0.25, -0.2) is 9.59 Å². The van der Waals surface area contributed by atoms with Crippen molar-refractivity contribution in [1.29, 1.82) is 0 Å². The van der Waals surface area contributed by atoms with Crippen LogP contribution in [0.15, 0.2) is 54.7 Å². The number of carbonyl (C=O) groups is 3. The molecule has 0 radical (unpaired) electrons. The molecule has 3 aromatic heterocycles.